The van der Waals surface area contributed by atoms with Gasteiger partial charge in [0.05, 0.1) is 13.2 Å². The molecule has 5 nitrogen and oxygen atoms in total. The lowest BCUT2D eigenvalue weighted by atomic mass is 10.0. The van der Waals surface area contributed by atoms with Gasteiger partial charge in [0.1, 0.15) is 5.75 Å². The quantitative estimate of drug-likeness (QED) is 0.785. The van der Waals surface area contributed by atoms with E-state index >= 15 is 0 Å². The lowest BCUT2D eigenvalue weighted by Gasteiger charge is -2.24. The van der Waals surface area contributed by atoms with Crippen LogP contribution in [0, 0.1) is 0 Å². The first-order valence-corrected chi connectivity index (χ1v) is 8.15. The smallest absolute Gasteiger partial charge is 0.221 e. The molecule has 0 unspecified atom stereocenters. The molecule has 0 saturated carbocycles. The van der Waals surface area contributed by atoms with Crippen LogP contribution in [0.2, 0.25) is 0 Å². The average molecular weight is 340 g/mol. The molecule has 0 radical (unpaired) electrons. The SMILES string of the molecule is COc1ccc(CN(C)[C@H](C)C(=O)c2ccc(NC(C)=O)cc2)cc1. The number of ether oxygens (including phenoxy) is 1. The Balaban J connectivity index is 2.01. The molecular weight excluding hydrogens is 316 g/mol. The minimum Gasteiger partial charge on any atom is -0.497 e. The number of anilines is 1. The van der Waals surface area contributed by atoms with E-state index in [2.05, 4.69) is 5.32 Å². The summed E-state index contributed by atoms with van der Waals surface area (Å²) in [4.78, 5) is 25.7. The van der Waals surface area contributed by atoms with Crippen LogP contribution in [0.15, 0.2) is 48.5 Å². The summed E-state index contributed by atoms with van der Waals surface area (Å²) >= 11 is 0. The maximum atomic E-state index is 12.7. The Morgan fingerprint density at radius 2 is 1.68 bits per heavy atom. The molecule has 0 aliphatic rings. The van der Waals surface area contributed by atoms with Gasteiger partial charge in [-0.2, -0.15) is 0 Å². The number of benzene rings is 2. The molecule has 0 bridgehead atoms. The molecular formula is C20H24N2O3. The average Bonchev–Trinajstić information content (AvgIpc) is 2.61. The van der Waals surface area contributed by atoms with Gasteiger partial charge in [-0.1, -0.05) is 12.1 Å². The predicted octanol–water partition coefficient (Wildman–Crippen LogP) is 3.36. The predicted molar refractivity (Wildman–Crippen MR) is 99.0 cm³/mol. The molecule has 2 aromatic carbocycles. The second kappa shape index (κ2) is 8.44. The Labute approximate surface area is 148 Å². The Hall–Kier alpha value is -2.66. The number of nitrogens with zero attached hydrogens (tertiary/aromatic N) is 1. The summed E-state index contributed by atoms with van der Waals surface area (Å²) in [5.41, 5.74) is 2.43. The molecule has 0 spiro atoms. The fraction of sp³-hybridized carbons (Fsp3) is 0.300. The third kappa shape index (κ3) is 5.16. The molecule has 0 saturated heterocycles. The van der Waals surface area contributed by atoms with E-state index in [0.29, 0.717) is 17.8 Å². The molecule has 0 aliphatic heterocycles. The summed E-state index contributed by atoms with van der Waals surface area (Å²) in [5.74, 6) is 0.729. The Morgan fingerprint density at radius 1 is 1.08 bits per heavy atom. The summed E-state index contributed by atoms with van der Waals surface area (Å²) < 4.78 is 5.16. The maximum absolute atomic E-state index is 12.7. The van der Waals surface area contributed by atoms with Crippen LogP contribution in [0.3, 0.4) is 0 Å². The molecule has 0 aliphatic carbocycles. The number of amides is 1. The summed E-state index contributed by atoms with van der Waals surface area (Å²) in [6.45, 7) is 4.02. The minimum absolute atomic E-state index is 0.0467. The molecule has 1 N–H and O–H groups in total. The van der Waals surface area contributed by atoms with Gasteiger partial charge in [-0.25, -0.2) is 0 Å². The molecule has 1 atom stereocenters. The van der Waals surface area contributed by atoms with Crippen molar-refractivity contribution < 1.29 is 14.3 Å². The van der Waals surface area contributed by atoms with Crippen molar-refractivity contribution in [1.29, 1.82) is 0 Å². The van der Waals surface area contributed by atoms with Crippen molar-refractivity contribution in [1.82, 2.24) is 4.90 Å². The summed E-state index contributed by atoms with van der Waals surface area (Å²) in [6, 6.07) is 14.5. The first-order valence-electron chi connectivity index (χ1n) is 8.15. The zero-order chi connectivity index (χ0) is 18.4. The van der Waals surface area contributed by atoms with Crippen LogP contribution in [0.5, 0.6) is 5.75 Å². The number of hydrogen-bond donors (Lipinski definition) is 1. The topological polar surface area (TPSA) is 58.6 Å². The highest BCUT2D eigenvalue weighted by Crippen LogP contribution is 2.16. The van der Waals surface area contributed by atoms with Crippen molar-refractivity contribution in [3.8, 4) is 5.75 Å². The van der Waals surface area contributed by atoms with Crippen molar-refractivity contribution in [2.24, 2.45) is 0 Å². The number of Topliss-reactive ketones (excluding diaryl/α,β-unsaturated/α-hetero) is 1. The third-order valence-corrected chi connectivity index (χ3v) is 4.12. The monoisotopic (exact) mass is 340 g/mol. The Bertz CT molecular complexity index is 724. The van der Waals surface area contributed by atoms with Gasteiger partial charge in [-0.15, -0.1) is 0 Å². The molecule has 0 aromatic heterocycles. The van der Waals surface area contributed by atoms with E-state index in [1.165, 1.54) is 6.92 Å². The molecule has 1 amide bonds. The lowest BCUT2D eigenvalue weighted by Crippen LogP contribution is -2.35. The van der Waals surface area contributed by atoms with E-state index in [1.54, 1.807) is 31.4 Å². The minimum atomic E-state index is -0.256. The molecule has 2 rings (SSSR count). The van der Waals surface area contributed by atoms with Gasteiger partial charge in [0.15, 0.2) is 5.78 Å². The van der Waals surface area contributed by atoms with E-state index in [1.807, 2.05) is 43.1 Å². The normalized spacial score (nSPS) is 11.9. The number of likely N-dealkylation sites (N-methyl/N-ethyl adjacent to an activating group) is 1. The number of nitrogens with one attached hydrogen (secondary N) is 1. The number of ketones is 1. The summed E-state index contributed by atoms with van der Waals surface area (Å²) in [5, 5.41) is 2.69. The van der Waals surface area contributed by atoms with E-state index in [4.69, 9.17) is 4.74 Å². The summed E-state index contributed by atoms with van der Waals surface area (Å²) in [7, 11) is 3.57. The zero-order valence-corrected chi connectivity index (χ0v) is 15.1. The molecule has 2 aromatic rings. The maximum Gasteiger partial charge on any atom is 0.221 e. The first kappa shape index (κ1) is 18.7. The van der Waals surface area contributed by atoms with Crippen LogP contribution in [-0.2, 0) is 11.3 Å². The molecule has 5 heteroatoms. The van der Waals surface area contributed by atoms with Gasteiger partial charge >= 0.3 is 0 Å². The highest BCUT2D eigenvalue weighted by Gasteiger charge is 2.19. The third-order valence-electron chi connectivity index (χ3n) is 4.12. The highest BCUT2D eigenvalue weighted by molar-refractivity contribution is 6.00. The van der Waals surface area contributed by atoms with Gasteiger partial charge in [0.2, 0.25) is 5.91 Å². The second-order valence-electron chi connectivity index (χ2n) is 6.06. The zero-order valence-electron chi connectivity index (χ0n) is 15.1. The summed E-state index contributed by atoms with van der Waals surface area (Å²) in [6.07, 6.45) is 0. The molecule has 132 valence electrons. The Morgan fingerprint density at radius 3 is 2.20 bits per heavy atom. The first-order chi connectivity index (χ1) is 11.9. The van der Waals surface area contributed by atoms with E-state index in [0.717, 1.165) is 11.3 Å². The van der Waals surface area contributed by atoms with Gasteiger partial charge < -0.3 is 10.1 Å². The van der Waals surface area contributed by atoms with Gasteiger partial charge in [-0.3, -0.25) is 14.5 Å². The largest absolute Gasteiger partial charge is 0.497 e. The fourth-order valence-electron chi connectivity index (χ4n) is 2.52. The second-order valence-corrected chi connectivity index (χ2v) is 6.06. The number of carbonyl (C=O) groups excluding carboxylic acids is 2. The molecule has 0 heterocycles. The number of carbonyl (C=O) groups is 2. The van der Waals surface area contributed by atoms with Crippen molar-refractivity contribution in [2.75, 3.05) is 19.5 Å². The number of hydrogen-bond acceptors (Lipinski definition) is 4. The van der Waals surface area contributed by atoms with E-state index in [-0.39, 0.29) is 17.7 Å². The van der Waals surface area contributed by atoms with E-state index < -0.39 is 0 Å². The molecule has 0 fully saturated rings. The Kier molecular flexibility index (Phi) is 6.31. The van der Waals surface area contributed by atoms with Crippen LogP contribution >= 0.6 is 0 Å². The van der Waals surface area contributed by atoms with Crippen LogP contribution in [0.1, 0.15) is 29.8 Å². The van der Waals surface area contributed by atoms with Crippen molar-refractivity contribution >= 4 is 17.4 Å². The van der Waals surface area contributed by atoms with Crippen LogP contribution in [-0.4, -0.2) is 36.8 Å². The van der Waals surface area contributed by atoms with Crippen LogP contribution < -0.4 is 10.1 Å². The van der Waals surface area contributed by atoms with Gasteiger partial charge in [0, 0.05) is 24.7 Å². The standard InChI is InChI=1S/C20H24N2O3/c1-14(22(3)13-16-5-11-19(25-4)12-6-16)20(24)17-7-9-18(10-8-17)21-15(2)23/h5-12,14H,13H2,1-4H3,(H,21,23)/t14-/m1/s1. The highest BCUT2D eigenvalue weighted by atomic mass is 16.5. The lowest BCUT2D eigenvalue weighted by molar-refractivity contribution is -0.114. The fourth-order valence-corrected chi connectivity index (χ4v) is 2.52. The van der Waals surface area contributed by atoms with Crippen molar-refractivity contribution in [3.05, 3.63) is 59.7 Å². The van der Waals surface area contributed by atoms with Gasteiger partial charge in [0.25, 0.3) is 0 Å². The van der Waals surface area contributed by atoms with Crippen LogP contribution in [0.25, 0.3) is 0 Å². The van der Waals surface area contributed by atoms with Crippen LogP contribution in [0.4, 0.5) is 5.69 Å². The van der Waals surface area contributed by atoms with Crippen molar-refractivity contribution in [2.45, 2.75) is 26.4 Å². The number of methoxy groups -OCH3 is 1. The van der Waals surface area contributed by atoms with E-state index in [9.17, 15) is 9.59 Å². The number of rotatable bonds is 7. The van der Waals surface area contributed by atoms with Gasteiger partial charge in [-0.05, 0) is 55.9 Å². The molecule has 25 heavy (non-hydrogen) atoms. The van der Waals surface area contributed by atoms with Crippen molar-refractivity contribution in [3.63, 3.8) is 0 Å².